The lowest BCUT2D eigenvalue weighted by Crippen LogP contribution is -2.50. The molecule has 174 valence electrons. The summed E-state index contributed by atoms with van der Waals surface area (Å²) in [6.45, 7) is 12.1. The van der Waals surface area contributed by atoms with Crippen molar-refractivity contribution in [1.29, 1.82) is 0 Å². The topological polar surface area (TPSA) is 44.8 Å². The Labute approximate surface area is 197 Å². The van der Waals surface area contributed by atoms with E-state index >= 15 is 0 Å². The first-order chi connectivity index (χ1) is 14.6. The van der Waals surface area contributed by atoms with E-state index in [-0.39, 0.29) is 12.1 Å². The number of alkyl carbamates (subject to hydrolysis) is 1. The smallest absolute Gasteiger partial charge is 0.407 e. The maximum atomic E-state index is 12.0. The van der Waals surface area contributed by atoms with Crippen LogP contribution in [0.5, 0.6) is 0 Å². The van der Waals surface area contributed by atoms with Gasteiger partial charge < -0.3 is 15.0 Å². The Morgan fingerprint density at radius 1 is 1.13 bits per heavy atom. The van der Waals surface area contributed by atoms with Crippen molar-refractivity contribution in [2.45, 2.75) is 77.5 Å². The first-order valence-electron chi connectivity index (χ1n) is 11.5. The van der Waals surface area contributed by atoms with E-state index in [2.05, 4.69) is 28.1 Å². The molecule has 2 fully saturated rings. The predicted molar refractivity (Wildman–Crippen MR) is 129 cm³/mol. The van der Waals surface area contributed by atoms with Crippen LogP contribution in [0, 0.1) is 5.92 Å². The van der Waals surface area contributed by atoms with Gasteiger partial charge in [-0.15, -0.1) is 0 Å². The molecule has 1 aliphatic carbocycles. The van der Waals surface area contributed by atoms with Crippen LogP contribution in [0.25, 0.3) is 0 Å². The highest BCUT2D eigenvalue weighted by Crippen LogP contribution is 2.34. The molecule has 7 heteroatoms. The molecule has 1 saturated heterocycles. The molecule has 0 bridgehead atoms. The van der Waals surface area contributed by atoms with Crippen LogP contribution in [0.4, 0.5) is 10.5 Å². The molecule has 1 aliphatic heterocycles. The number of carbonyl (C=O) groups is 1. The number of rotatable bonds is 5. The van der Waals surface area contributed by atoms with E-state index in [1.54, 1.807) is 0 Å². The molecule has 1 N–H and O–H groups in total. The molecule has 1 heterocycles. The van der Waals surface area contributed by atoms with Crippen molar-refractivity contribution in [3.8, 4) is 0 Å². The highest BCUT2D eigenvalue weighted by molar-refractivity contribution is 6.43. The van der Waals surface area contributed by atoms with Gasteiger partial charge in [-0.2, -0.15) is 0 Å². The Kier molecular flexibility index (Phi) is 8.39. The van der Waals surface area contributed by atoms with Crippen LogP contribution < -0.4 is 10.2 Å². The predicted octanol–water partition coefficient (Wildman–Crippen LogP) is 5.98. The summed E-state index contributed by atoms with van der Waals surface area (Å²) in [6, 6.07) is 6.66. The van der Waals surface area contributed by atoms with E-state index in [4.69, 9.17) is 27.9 Å². The minimum absolute atomic E-state index is 0.243. The largest absolute Gasteiger partial charge is 0.444 e. The van der Waals surface area contributed by atoms with Crippen LogP contribution in [0.3, 0.4) is 0 Å². The average molecular weight is 470 g/mol. The van der Waals surface area contributed by atoms with Crippen molar-refractivity contribution in [2.75, 3.05) is 31.1 Å². The van der Waals surface area contributed by atoms with E-state index in [0.717, 1.165) is 50.6 Å². The molecular weight excluding hydrogens is 433 g/mol. The number of ether oxygens (including phenoxy) is 1. The Morgan fingerprint density at radius 3 is 2.39 bits per heavy atom. The summed E-state index contributed by atoms with van der Waals surface area (Å²) in [5.74, 6) is 0.729. The van der Waals surface area contributed by atoms with Gasteiger partial charge in [0.25, 0.3) is 0 Å². The zero-order valence-corrected chi connectivity index (χ0v) is 20.8. The molecular formula is C24H37Cl2N3O2. The van der Waals surface area contributed by atoms with Gasteiger partial charge in [-0.3, -0.25) is 4.90 Å². The molecule has 1 unspecified atom stereocenters. The Bertz CT molecular complexity index is 737. The number of nitrogens with one attached hydrogen (secondary N) is 1. The second kappa shape index (κ2) is 10.6. The second-order valence-electron chi connectivity index (χ2n) is 10.0. The molecule has 31 heavy (non-hydrogen) atoms. The molecule has 5 nitrogen and oxygen atoms in total. The van der Waals surface area contributed by atoms with Gasteiger partial charge in [0.05, 0.1) is 15.7 Å². The van der Waals surface area contributed by atoms with Gasteiger partial charge in [0.2, 0.25) is 0 Å². The monoisotopic (exact) mass is 469 g/mol. The van der Waals surface area contributed by atoms with Crippen LogP contribution in [-0.2, 0) is 4.74 Å². The molecule has 1 saturated carbocycles. The van der Waals surface area contributed by atoms with Crippen molar-refractivity contribution >= 4 is 35.0 Å². The summed E-state index contributed by atoms with van der Waals surface area (Å²) in [6.07, 6.45) is 5.35. The van der Waals surface area contributed by atoms with Crippen molar-refractivity contribution < 1.29 is 9.53 Å². The molecule has 3 rings (SSSR count). The highest BCUT2D eigenvalue weighted by Gasteiger charge is 2.28. The molecule has 0 spiro atoms. The Morgan fingerprint density at radius 2 is 1.77 bits per heavy atom. The number of amides is 1. The molecule has 1 amide bonds. The van der Waals surface area contributed by atoms with Gasteiger partial charge in [0.1, 0.15) is 5.60 Å². The van der Waals surface area contributed by atoms with Gasteiger partial charge in [-0.05, 0) is 77.8 Å². The highest BCUT2D eigenvalue weighted by atomic mass is 35.5. The fourth-order valence-electron chi connectivity index (χ4n) is 4.79. The summed E-state index contributed by atoms with van der Waals surface area (Å²) < 4.78 is 5.39. The molecule has 0 aromatic heterocycles. The van der Waals surface area contributed by atoms with Gasteiger partial charge in [0, 0.05) is 38.3 Å². The van der Waals surface area contributed by atoms with Crippen LogP contribution in [0.2, 0.25) is 10.0 Å². The van der Waals surface area contributed by atoms with Crippen LogP contribution in [-0.4, -0.2) is 54.9 Å². The number of nitrogens with zero attached hydrogens (tertiary/aromatic N) is 2. The lowest BCUT2D eigenvalue weighted by molar-refractivity contribution is 0.0483. The maximum absolute atomic E-state index is 12.0. The van der Waals surface area contributed by atoms with Crippen LogP contribution in [0.15, 0.2) is 18.2 Å². The minimum atomic E-state index is -0.446. The zero-order valence-electron chi connectivity index (χ0n) is 19.3. The Hall–Kier alpha value is -1.17. The number of halogens is 2. The summed E-state index contributed by atoms with van der Waals surface area (Å²) >= 11 is 12.6. The van der Waals surface area contributed by atoms with Crippen LogP contribution >= 0.6 is 23.2 Å². The first kappa shape index (κ1) is 24.5. The van der Waals surface area contributed by atoms with Crippen molar-refractivity contribution in [3.63, 3.8) is 0 Å². The summed E-state index contributed by atoms with van der Waals surface area (Å²) in [5.41, 5.74) is 0.594. The van der Waals surface area contributed by atoms with Crippen molar-refractivity contribution in [2.24, 2.45) is 5.92 Å². The van der Waals surface area contributed by atoms with E-state index in [9.17, 15) is 4.79 Å². The van der Waals surface area contributed by atoms with Crippen molar-refractivity contribution in [1.82, 2.24) is 10.2 Å². The first-order valence-corrected chi connectivity index (χ1v) is 12.3. The Balaban J connectivity index is 1.39. The number of carbonyl (C=O) groups excluding carboxylic acids is 1. The summed E-state index contributed by atoms with van der Waals surface area (Å²) in [7, 11) is 0. The SMILES string of the molecule is CC(C[C@H]1CC[C@H](NC(=O)OC(C)(C)C)CC1)N1CCN(c2cccc(Cl)c2Cl)CC1. The number of hydrogen-bond donors (Lipinski definition) is 1. The van der Waals surface area contributed by atoms with Gasteiger partial charge in [0.15, 0.2) is 0 Å². The third-order valence-corrected chi connectivity index (χ3v) is 7.26. The lowest BCUT2D eigenvalue weighted by Gasteiger charge is -2.41. The van der Waals surface area contributed by atoms with Crippen LogP contribution in [0.1, 0.15) is 59.8 Å². The minimum Gasteiger partial charge on any atom is -0.444 e. The fraction of sp³-hybridized carbons (Fsp3) is 0.708. The summed E-state index contributed by atoms with van der Waals surface area (Å²) in [4.78, 5) is 16.9. The van der Waals surface area contributed by atoms with E-state index in [0.29, 0.717) is 16.1 Å². The van der Waals surface area contributed by atoms with E-state index in [1.807, 2.05) is 32.9 Å². The van der Waals surface area contributed by atoms with E-state index in [1.165, 1.54) is 19.3 Å². The summed E-state index contributed by atoms with van der Waals surface area (Å²) in [5, 5.41) is 4.32. The molecule has 2 aliphatic rings. The fourth-order valence-corrected chi connectivity index (χ4v) is 5.20. The second-order valence-corrected chi connectivity index (χ2v) is 10.8. The van der Waals surface area contributed by atoms with Gasteiger partial charge >= 0.3 is 6.09 Å². The quantitative estimate of drug-likeness (QED) is 0.575. The van der Waals surface area contributed by atoms with Gasteiger partial charge in [-0.1, -0.05) is 29.3 Å². The normalized spacial score (nSPS) is 24.0. The third-order valence-electron chi connectivity index (χ3n) is 6.45. The van der Waals surface area contributed by atoms with Gasteiger partial charge in [-0.25, -0.2) is 4.79 Å². The average Bonchev–Trinajstić information content (AvgIpc) is 2.70. The zero-order chi connectivity index (χ0) is 22.6. The molecule has 0 radical (unpaired) electrons. The van der Waals surface area contributed by atoms with Crippen molar-refractivity contribution in [3.05, 3.63) is 28.2 Å². The standard InChI is InChI=1S/C24H37Cl2N3O2/c1-17(16-18-8-10-19(11-9-18)27-23(30)31-24(2,3)4)28-12-14-29(15-13-28)21-7-5-6-20(25)22(21)26/h5-7,17-19H,8-16H2,1-4H3,(H,27,30)/t17?,18-,19-. The number of piperazine rings is 1. The number of anilines is 1. The number of hydrogen-bond acceptors (Lipinski definition) is 4. The molecule has 1 aromatic carbocycles. The third kappa shape index (κ3) is 7.16. The van der Waals surface area contributed by atoms with E-state index < -0.39 is 5.60 Å². The maximum Gasteiger partial charge on any atom is 0.407 e. The number of benzene rings is 1. The molecule has 1 atom stereocenters. The molecule has 1 aromatic rings. The lowest BCUT2D eigenvalue weighted by atomic mass is 9.82.